The van der Waals surface area contributed by atoms with Gasteiger partial charge in [-0.15, -0.1) is 0 Å². The van der Waals surface area contributed by atoms with Gasteiger partial charge in [0.2, 0.25) is 5.76 Å². The third-order valence-electron chi connectivity index (χ3n) is 3.22. The second-order valence-electron chi connectivity index (χ2n) is 4.50. The highest BCUT2D eigenvalue weighted by molar-refractivity contribution is 5.91. The maximum Gasteiger partial charge on any atom is 0.293 e. The molecule has 2 aromatic rings. The maximum atomic E-state index is 12.3. The topological polar surface area (TPSA) is 59.5 Å². The van der Waals surface area contributed by atoms with Gasteiger partial charge in [-0.05, 0) is 31.9 Å². The van der Waals surface area contributed by atoms with Crippen molar-refractivity contribution in [1.29, 1.82) is 0 Å². The van der Waals surface area contributed by atoms with Gasteiger partial charge in [0.1, 0.15) is 5.76 Å². The molecule has 0 spiro atoms. The first-order chi connectivity index (χ1) is 8.75. The third-order valence-corrected chi connectivity index (χ3v) is 3.22. The van der Waals surface area contributed by atoms with Gasteiger partial charge in [-0.25, -0.2) is 0 Å². The molecule has 0 bridgehead atoms. The Morgan fingerprint density at radius 3 is 3.11 bits per heavy atom. The van der Waals surface area contributed by atoms with Crippen LogP contribution >= 0.6 is 0 Å². The van der Waals surface area contributed by atoms with Gasteiger partial charge in [0.15, 0.2) is 0 Å². The number of hydrogen-bond acceptors (Lipinski definition) is 4. The molecule has 5 nitrogen and oxygen atoms in total. The zero-order chi connectivity index (χ0) is 12.5. The summed E-state index contributed by atoms with van der Waals surface area (Å²) in [7, 11) is 0. The van der Waals surface area contributed by atoms with E-state index in [1.54, 1.807) is 24.2 Å². The minimum Gasteiger partial charge on any atom is -0.467 e. The lowest BCUT2D eigenvalue weighted by Gasteiger charge is -2.21. The van der Waals surface area contributed by atoms with Crippen molar-refractivity contribution in [3.05, 3.63) is 41.7 Å². The average molecular weight is 246 g/mol. The van der Waals surface area contributed by atoms with Crippen molar-refractivity contribution in [3.8, 4) is 0 Å². The van der Waals surface area contributed by atoms with E-state index in [9.17, 15) is 4.79 Å². The van der Waals surface area contributed by atoms with Gasteiger partial charge >= 0.3 is 0 Å². The Morgan fingerprint density at radius 2 is 2.44 bits per heavy atom. The Morgan fingerprint density at radius 1 is 1.56 bits per heavy atom. The molecule has 0 N–H and O–H groups in total. The van der Waals surface area contributed by atoms with Gasteiger partial charge in [-0.2, -0.15) is 0 Å². The molecule has 1 amide bonds. The van der Waals surface area contributed by atoms with Gasteiger partial charge in [-0.1, -0.05) is 5.16 Å². The number of nitrogens with zero attached hydrogens (tertiary/aromatic N) is 2. The summed E-state index contributed by atoms with van der Waals surface area (Å²) in [6.07, 6.45) is 3.53. The summed E-state index contributed by atoms with van der Waals surface area (Å²) in [4.78, 5) is 14.1. The number of carbonyl (C=O) groups is 1. The first-order valence-corrected chi connectivity index (χ1v) is 6.03. The van der Waals surface area contributed by atoms with Crippen LogP contribution in [0, 0.1) is 6.92 Å². The fraction of sp³-hybridized carbons (Fsp3) is 0.385. The van der Waals surface area contributed by atoms with E-state index in [4.69, 9.17) is 8.94 Å². The van der Waals surface area contributed by atoms with Crippen molar-refractivity contribution in [2.24, 2.45) is 0 Å². The summed E-state index contributed by atoms with van der Waals surface area (Å²) in [5.74, 6) is 1.01. The number of likely N-dealkylation sites (tertiary alicyclic amines) is 1. The zero-order valence-electron chi connectivity index (χ0n) is 10.1. The highest BCUT2D eigenvalue weighted by Gasteiger charge is 2.33. The Balaban J connectivity index is 1.85. The summed E-state index contributed by atoms with van der Waals surface area (Å²) in [6.45, 7) is 2.53. The quantitative estimate of drug-likeness (QED) is 0.817. The van der Waals surface area contributed by atoms with Crippen LogP contribution in [0.15, 0.2) is 33.4 Å². The van der Waals surface area contributed by atoms with Crippen LogP contribution in [0.2, 0.25) is 0 Å². The fourth-order valence-electron chi connectivity index (χ4n) is 2.39. The van der Waals surface area contributed by atoms with Crippen LogP contribution in [0.25, 0.3) is 0 Å². The SMILES string of the molecule is Cc1cc(C(=O)N2CCCC2c2ccco2)on1. The molecule has 3 rings (SSSR count). The summed E-state index contributed by atoms with van der Waals surface area (Å²) in [6, 6.07) is 5.43. The number of furan rings is 1. The maximum absolute atomic E-state index is 12.3. The molecule has 1 aliphatic heterocycles. The molecule has 1 aliphatic rings. The molecular weight excluding hydrogens is 232 g/mol. The van der Waals surface area contributed by atoms with E-state index >= 15 is 0 Å². The van der Waals surface area contributed by atoms with Crippen molar-refractivity contribution >= 4 is 5.91 Å². The van der Waals surface area contributed by atoms with Crippen molar-refractivity contribution < 1.29 is 13.7 Å². The molecule has 1 unspecified atom stereocenters. The van der Waals surface area contributed by atoms with Gasteiger partial charge < -0.3 is 13.8 Å². The van der Waals surface area contributed by atoms with E-state index in [1.807, 2.05) is 12.1 Å². The van der Waals surface area contributed by atoms with Crippen LogP contribution in [-0.2, 0) is 0 Å². The highest BCUT2D eigenvalue weighted by atomic mass is 16.5. The van der Waals surface area contributed by atoms with Crippen LogP contribution in [0.3, 0.4) is 0 Å². The molecule has 0 saturated carbocycles. The van der Waals surface area contributed by atoms with Gasteiger partial charge in [0.05, 0.1) is 18.0 Å². The van der Waals surface area contributed by atoms with E-state index in [0.717, 1.165) is 25.1 Å². The van der Waals surface area contributed by atoms with Crippen LogP contribution < -0.4 is 0 Å². The van der Waals surface area contributed by atoms with Crippen LogP contribution in [0.1, 0.15) is 40.9 Å². The lowest BCUT2D eigenvalue weighted by Crippen LogP contribution is -2.30. The number of aryl methyl sites for hydroxylation is 1. The van der Waals surface area contributed by atoms with E-state index < -0.39 is 0 Å². The van der Waals surface area contributed by atoms with Gasteiger partial charge in [-0.3, -0.25) is 4.79 Å². The summed E-state index contributed by atoms with van der Waals surface area (Å²) < 4.78 is 10.4. The summed E-state index contributed by atoms with van der Waals surface area (Å²) in [5.41, 5.74) is 0.715. The second kappa shape index (κ2) is 4.33. The van der Waals surface area contributed by atoms with Gasteiger partial charge in [0.25, 0.3) is 5.91 Å². The van der Waals surface area contributed by atoms with E-state index in [-0.39, 0.29) is 11.9 Å². The van der Waals surface area contributed by atoms with E-state index in [2.05, 4.69) is 5.16 Å². The fourth-order valence-corrected chi connectivity index (χ4v) is 2.39. The number of carbonyl (C=O) groups excluding carboxylic acids is 1. The van der Waals surface area contributed by atoms with Crippen LogP contribution in [0.4, 0.5) is 0 Å². The molecule has 94 valence electrons. The molecule has 3 heterocycles. The molecule has 0 radical (unpaired) electrons. The third kappa shape index (κ3) is 1.81. The number of amides is 1. The van der Waals surface area contributed by atoms with Crippen LogP contribution in [0.5, 0.6) is 0 Å². The standard InChI is InChI=1S/C13H14N2O3/c1-9-8-12(18-14-9)13(16)15-6-2-4-10(15)11-5-3-7-17-11/h3,5,7-8,10H,2,4,6H2,1H3. The van der Waals surface area contributed by atoms with Crippen molar-refractivity contribution in [2.75, 3.05) is 6.54 Å². The second-order valence-corrected chi connectivity index (χ2v) is 4.50. The molecule has 18 heavy (non-hydrogen) atoms. The minimum atomic E-state index is -0.116. The van der Waals surface area contributed by atoms with Crippen molar-refractivity contribution in [1.82, 2.24) is 10.1 Å². The van der Waals surface area contributed by atoms with Gasteiger partial charge in [0, 0.05) is 12.6 Å². The Kier molecular flexibility index (Phi) is 2.66. The zero-order valence-corrected chi connectivity index (χ0v) is 10.1. The predicted molar refractivity (Wildman–Crippen MR) is 63.0 cm³/mol. The van der Waals surface area contributed by atoms with Crippen molar-refractivity contribution in [2.45, 2.75) is 25.8 Å². The smallest absolute Gasteiger partial charge is 0.293 e. The lowest BCUT2D eigenvalue weighted by atomic mass is 10.1. The molecule has 1 fully saturated rings. The van der Waals surface area contributed by atoms with E-state index in [1.165, 1.54) is 0 Å². The first-order valence-electron chi connectivity index (χ1n) is 6.03. The molecular formula is C13H14N2O3. The number of aromatic nitrogens is 1. The normalized spacial score (nSPS) is 19.4. The van der Waals surface area contributed by atoms with Crippen molar-refractivity contribution in [3.63, 3.8) is 0 Å². The first kappa shape index (κ1) is 11.1. The molecule has 0 aromatic carbocycles. The lowest BCUT2D eigenvalue weighted by molar-refractivity contribution is 0.0677. The summed E-state index contributed by atoms with van der Waals surface area (Å²) >= 11 is 0. The average Bonchev–Trinajstić information content (AvgIpc) is 3.08. The highest BCUT2D eigenvalue weighted by Crippen LogP contribution is 2.33. The summed E-state index contributed by atoms with van der Waals surface area (Å²) in [5, 5.41) is 3.75. The molecule has 1 atom stereocenters. The number of hydrogen-bond donors (Lipinski definition) is 0. The molecule has 5 heteroatoms. The van der Waals surface area contributed by atoms with Crippen LogP contribution in [-0.4, -0.2) is 22.5 Å². The number of rotatable bonds is 2. The molecule has 1 saturated heterocycles. The monoisotopic (exact) mass is 246 g/mol. The predicted octanol–water partition coefficient (Wildman–Crippen LogP) is 2.55. The Hall–Kier alpha value is -2.04. The van der Waals surface area contributed by atoms with E-state index in [0.29, 0.717) is 11.5 Å². The largest absolute Gasteiger partial charge is 0.467 e. The molecule has 2 aromatic heterocycles. The Labute approximate surface area is 104 Å². The Bertz CT molecular complexity index is 544. The molecule has 0 aliphatic carbocycles. The minimum absolute atomic E-state index is 0.0120.